The van der Waals surface area contributed by atoms with Crippen LogP contribution in [0.5, 0.6) is 5.75 Å². The first-order valence-corrected chi connectivity index (χ1v) is 11.2. The number of ether oxygens (including phenoxy) is 1. The highest BCUT2D eigenvalue weighted by Crippen LogP contribution is 2.35. The van der Waals surface area contributed by atoms with Gasteiger partial charge in [-0.3, -0.25) is 4.84 Å². The SMILES string of the molecule is CN1OC[C@@H](S(=O)(=O)NCC2CC2)[C@@H]1c1cccc(OCc2ccccc2)c1. The highest BCUT2D eigenvalue weighted by Gasteiger charge is 2.43. The van der Waals surface area contributed by atoms with Crippen LogP contribution >= 0.6 is 0 Å². The summed E-state index contributed by atoms with van der Waals surface area (Å²) in [5, 5.41) is 0.984. The molecular formula is C21H26N2O4S. The van der Waals surface area contributed by atoms with Gasteiger partial charge < -0.3 is 4.74 Å². The van der Waals surface area contributed by atoms with Crippen molar-refractivity contribution >= 4 is 10.0 Å². The molecule has 1 aliphatic carbocycles. The van der Waals surface area contributed by atoms with Gasteiger partial charge in [0.05, 0.1) is 12.6 Å². The van der Waals surface area contributed by atoms with Gasteiger partial charge in [-0.25, -0.2) is 13.1 Å². The fraction of sp³-hybridized carbons (Fsp3) is 0.429. The first-order valence-electron chi connectivity index (χ1n) is 9.64. The van der Waals surface area contributed by atoms with Gasteiger partial charge in [0, 0.05) is 13.6 Å². The molecule has 2 aromatic carbocycles. The molecule has 0 unspecified atom stereocenters. The Morgan fingerprint density at radius 3 is 2.68 bits per heavy atom. The molecule has 6 nitrogen and oxygen atoms in total. The van der Waals surface area contributed by atoms with E-state index in [2.05, 4.69) is 4.72 Å². The summed E-state index contributed by atoms with van der Waals surface area (Å²) in [4.78, 5) is 5.58. The molecule has 2 aliphatic rings. The van der Waals surface area contributed by atoms with E-state index >= 15 is 0 Å². The van der Waals surface area contributed by atoms with Gasteiger partial charge in [-0.1, -0.05) is 42.5 Å². The fourth-order valence-corrected chi connectivity index (χ4v) is 5.06. The number of hydrogen-bond donors (Lipinski definition) is 1. The van der Waals surface area contributed by atoms with E-state index in [1.807, 2.05) is 54.6 Å². The third kappa shape index (κ3) is 4.55. The second kappa shape index (κ2) is 8.21. The monoisotopic (exact) mass is 402 g/mol. The molecule has 0 radical (unpaired) electrons. The fourth-order valence-electron chi connectivity index (χ4n) is 3.47. The Balaban J connectivity index is 1.49. The normalized spacial score (nSPS) is 23.0. The van der Waals surface area contributed by atoms with Crippen LogP contribution in [-0.2, 0) is 21.5 Å². The lowest BCUT2D eigenvalue weighted by atomic mass is 10.0. The minimum atomic E-state index is -3.47. The molecule has 1 N–H and O–H groups in total. The van der Waals surface area contributed by atoms with Crippen molar-refractivity contribution in [2.24, 2.45) is 5.92 Å². The lowest BCUT2D eigenvalue weighted by Crippen LogP contribution is -2.40. The van der Waals surface area contributed by atoms with E-state index in [9.17, 15) is 8.42 Å². The Labute approximate surface area is 166 Å². The highest BCUT2D eigenvalue weighted by atomic mass is 32.2. The van der Waals surface area contributed by atoms with Crippen molar-refractivity contribution in [2.45, 2.75) is 30.7 Å². The van der Waals surface area contributed by atoms with Gasteiger partial charge in [0.1, 0.15) is 17.6 Å². The van der Waals surface area contributed by atoms with Gasteiger partial charge in [0.2, 0.25) is 10.0 Å². The van der Waals surface area contributed by atoms with Crippen molar-refractivity contribution < 1.29 is 18.0 Å². The van der Waals surface area contributed by atoms with Crippen LogP contribution in [0.15, 0.2) is 54.6 Å². The number of nitrogens with zero attached hydrogens (tertiary/aromatic N) is 1. The average molecular weight is 403 g/mol. The van der Waals surface area contributed by atoms with E-state index in [4.69, 9.17) is 9.57 Å². The average Bonchev–Trinajstić information content (AvgIpc) is 3.46. The Morgan fingerprint density at radius 2 is 1.93 bits per heavy atom. The summed E-state index contributed by atoms with van der Waals surface area (Å²) in [6.45, 7) is 1.14. The molecule has 0 amide bonds. The maximum Gasteiger partial charge on any atom is 0.218 e. The third-order valence-corrected chi connectivity index (χ3v) is 7.06. The summed E-state index contributed by atoms with van der Waals surface area (Å²) in [7, 11) is -1.69. The minimum absolute atomic E-state index is 0.149. The van der Waals surface area contributed by atoms with Crippen LogP contribution < -0.4 is 9.46 Å². The highest BCUT2D eigenvalue weighted by molar-refractivity contribution is 7.90. The molecule has 1 saturated carbocycles. The van der Waals surface area contributed by atoms with Crippen LogP contribution in [-0.4, -0.2) is 38.9 Å². The number of sulfonamides is 1. The van der Waals surface area contributed by atoms with E-state index < -0.39 is 15.3 Å². The quantitative estimate of drug-likeness (QED) is 0.735. The molecular weight excluding hydrogens is 376 g/mol. The van der Waals surface area contributed by atoms with Gasteiger partial charge in [0.15, 0.2) is 0 Å². The molecule has 0 spiro atoms. The summed E-state index contributed by atoms with van der Waals surface area (Å²) in [5.74, 6) is 1.20. The largest absolute Gasteiger partial charge is 0.489 e. The van der Waals surface area contributed by atoms with Crippen LogP contribution in [0, 0.1) is 5.92 Å². The van der Waals surface area contributed by atoms with E-state index in [0.717, 1.165) is 24.0 Å². The molecule has 150 valence electrons. The summed E-state index contributed by atoms with van der Waals surface area (Å²) >= 11 is 0. The van der Waals surface area contributed by atoms with Crippen molar-refractivity contribution in [3.8, 4) is 5.75 Å². The lowest BCUT2D eigenvalue weighted by molar-refractivity contribution is -0.110. The molecule has 7 heteroatoms. The molecule has 2 aromatic rings. The summed E-state index contributed by atoms with van der Waals surface area (Å²) in [6.07, 6.45) is 2.21. The Bertz CT molecular complexity index is 900. The van der Waals surface area contributed by atoms with Crippen LogP contribution in [0.1, 0.15) is 30.0 Å². The number of nitrogens with one attached hydrogen (secondary N) is 1. The Hall–Kier alpha value is -1.93. The number of benzene rings is 2. The molecule has 0 aromatic heterocycles. The predicted molar refractivity (Wildman–Crippen MR) is 107 cm³/mol. The first kappa shape index (κ1) is 19.4. The minimum Gasteiger partial charge on any atom is -0.489 e. The molecule has 2 fully saturated rings. The van der Waals surface area contributed by atoms with E-state index in [1.54, 1.807) is 12.1 Å². The second-order valence-corrected chi connectivity index (χ2v) is 9.49. The second-order valence-electron chi connectivity index (χ2n) is 7.51. The maximum absolute atomic E-state index is 12.8. The van der Waals surface area contributed by atoms with Gasteiger partial charge in [-0.2, -0.15) is 5.06 Å². The zero-order chi connectivity index (χ0) is 19.6. The molecule has 4 rings (SSSR count). The van der Waals surface area contributed by atoms with Crippen molar-refractivity contribution in [3.05, 3.63) is 65.7 Å². The standard InChI is InChI=1S/C21H26N2O4S/c1-23-21(20(15-27-23)28(24,25)22-13-16-10-11-16)18-8-5-9-19(12-18)26-14-17-6-3-2-4-7-17/h2-9,12,16,20-22H,10-11,13-15H2,1H3/t20-,21+/m1/s1. The zero-order valence-electron chi connectivity index (χ0n) is 16.0. The Kier molecular flexibility index (Phi) is 5.68. The number of hydrogen-bond acceptors (Lipinski definition) is 5. The Morgan fingerprint density at radius 1 is 1.14 bits per heavy atom. The molecule has 2 atom stereocenters. The number of rotatable bonds is 8. The van der Waals surface area contributed by atoms with E-state index in [1.165, 1.54) is 0 Å². The number of hydroxylamine groups is 2. The first-order chi connectivity index (χ1) is 13.5. The maximum atomic E-state index is 12.8. The summed E-state index contributed by atoms with van der Waals surface area (Å²) in [6, 6.07) is 17.2. The molecule has 28 heavy (non-hydrogen) atoms. The van der Waals surface area contributed by atoms with E-state index in [0.29, 0.717) is 24.8 Å². The topological polar surface area (TPSA) is 67.9 Å². The molecule has 1 saturated heterocycles. The molecule has 0 bridgehead atoms. The van der Waals surface area contributed by atoms with E-state index in [-0.39, 0.29) is 12.6 Å². The van der Waals surface area contributed by atoms with Crippen LogP contribution in [0.25, 0.3) is 0 Å². The van der Waals surface area contributed by atoms with Crippen LogP contribution in [0.3, 0.4) is 0 Å². The summed E-state index contributed by atoms with van der Waals surface area (Å²) in [5.41, 5.74) is 1.95. The van der Waals surface area contributed by atoms with Gasteiger partial charge in [0.25, 0.3) is 0 Å². The van der Waals surface area contributed by atoms with Gasteiger partial charge >= 0.3 is 0 Å². The lowest BCUT2D eigenvalue weighted by Gasteiger charge is -2.23. The van der Waals surface area contributed by atoms with Crippen LogP contribution in [0.2, 0.25) is 0 Å². The van der Waals surface area contributed by atoms with Crippen molar-refractivity contribution in [1.29, 1.82) is 0 Å². The third-order valence-electron chi connectivity index (χ3n) is 5.30. The van der Waals surface area contributed by atoms with Crippen molar-refractivity contribution in [3.63, 3.8) is 0 Å². The van der Waals surface area contributed by atoms with Crippen LogP contribution in [0.4, 0.5) is 0 Å². The molecule has 1 heterocycles. The van der Waals surface area contributed by atoms with Crippen molar-refractivity contribution in [1.82, 2.24) is 9.79 Å². The van der Waals surface area contributed by atoms with Gasteiger partial charge in [-0.05, 0) is 42.0 Å². The smallest absolute Gasteiger partial charge is 0.218 e. The zero-order valence-corrected chi connectivity index (χ0v) is 16.8. The summed E-state index contributed by atoms with van der Waals surface area (Å²) < 4.78 is 34.4. The van der Waals surface area contributed by atoms with Gasteiger partial charge in [-0.15, -0.1) is 0 Å². The molecule has 1 aliphatic heterocycles. The van der Waals surface area contributed by atoms with Crippen molar-refractivity contribution in [2.75, 3.05) is 20.2 Å². The predicted octanol–water partition coefficient (Wildman–Crippen LogP) is 2.88.